The number of aromatic nitrogens is 1. The van der Waals surface area contributed by atoms with E-state index < -0.39 is 41.6 Å². The third kappa shape index (κ3) is 7.46. The van der Waals surface area contributed by atoms with Crippen molar-refractivity contribution in [2.24, 2.45) is 0 Å². The number of likely N-dealkylation sites (N-methyl/N-ethyl adjacent to an activating group) is 2. The average molecular weight is 678 g/mol. The highest BCUT2D eigenvalue weighted by molar-refractivity contribution is 6.09. The Hall–Kier alpha value is -4.11. The largest absolute Gasteiger partial charge is 0.416 e. The predicted octanol–water partition coefficient (Wildman–Crippen LogP) is 3.50. The summed E-state index contributed by atoms with van der Waals surface area (Å²) in [7, 11) is 3.10. The van der Waals surface area contributed by atoms with Gasteiger partial charge in [0.05, 0.1) is 16.9 Å². The molecule has 1 aromatic heterocycles. The number of anilines is 3. The standard InChI is InChI=1S/C33H40F5N7O3/c1-5-29(46)44-19-24(20-44)43-14-13-42(17-23(34)18-43)12-11-40(3)31-25(35)7-6-8-26(31)41(4)32(48)27-9-10-30(47)45(27)28-16-22(33(36,37)38)15-21(2)39-28/h5-8,15-16,23-24,27H,1,9-14,17-20H2,2-4H3. The quantitative estimate of drug-likeness (QED) is 0.297. The number of carbonyl (C=O) groups excluding carboxylic acids is 3. The Morgan fingerprint density at radius 1 is 1.10 bits per heavy atom. The van der Waals surface area contributed by atoms with E-state index in [1.165, 1.54) is 37.1 Å². The maximum Gasteiger partial charge on any atom is 0.416 e. The molecule has 3 saturated heterocycles. The summed E-state index contributed by atoms with van der Waals surface area (Å²) in [5.74, 6) is -2.14. The van der Waals surface area contributed by atoms with Gasteiger partial charge in [-0.3, -0.25) is 29.1 Å². The number of rotatable bonds is 9. The predicted molar refractivity (Wildman–Crippen MR) is 171 cm³/mol. The first kappa shape index (κ1) is 35.2. The van der Waals surface area contributed by atoms with Crippen LogP contribution < -0.4 is 14.7 Å². The van der Waals surface area contributed by atoms with E-state index >= 15 is 8.78 Å². The monoisotopic (exact) mass is 677 g/mol. The SMILES string of the molecule is C=CC(=O)N1CC(N2CCN(CCN(C)c3c(F)cccc3N(C)C(=O)C3CCC(=O)N3c3cc(C(F)(F)F)cc(C)n3)CC(F)C2)C1. The fourth-order valence-corrected chi connectivity index (χ4v) is 6.62. The van der Waals surface area contributed by atoms with Crippen molar-refractivity contribution in [1.29, 1.82) is 0 Å². The minimum absolute atomic E-state index is 0.0407. The molecule has 3 fully saturated rings. The van der Waals surface area contributed by atoms with Crippen molar-refractivity contribution in [3.8, 4) is 0 Å². The van der Waals surface area contributed by atoms with Crippen molar-refractivity contribution in [3.63, 3.8) is 0 Å². The second-order valence-corrected chi connectivity index (χ2v) is 12.6. The Morgan fingerprint density at radius 3 is 2.52 bits per heavy atom. The third-order valence-electron chi connectivity index (χ3n) is 9.26. The third-order valence-corrected chi connectivity index (χ3v) is 9.26. The van der Waals surface area contributed by atoms with Crippen LogP contribution in [0.2, 0.25) is 0 Å². The van der Waals surface area contributed by atoms with Gasteiger partial charge in [0.2, 0.25) is 17.7 Å². The van der Waals surface area contributed by atoms with Gasteiger partial charge >= 0.3 is 6.18 Å². The smallest absolute Gasteiger partial charge is 0.369 e. The fourth-order valence-electron chi connectivity index (χ4n) is 6.62. The molecule has 1 aromatic carbocycles. The van der Waals surface area contributed by atoms with Crippen LogP contribution in [0.5, 0.6) is 0 Å². The molecule has 2 atom stereocenters. The Bertz CT molecular complexity index is 1550. The molecule has 2 unspecified atom stereocenters. The number of aryl methyl sites for hydroxylation is 1. The zero-order chi connectivity index (χ0) is 34.9. The summed E-state index contributed by atoms with van der Waals surface area (Å²) in [6.07, 6.45) is -4.52. The minimum atomic E-state index is -4.67. The van der Waals surface area contributed by atoms with Gasteiger partial charge in [-0.25, -0.2) is 13.8 Å². The highest BCUT2D eigenvalue weighted by Gasteiger charge is 2.42. The summed E-state index contributed by atoms with van der Waals surface area (Å²) < 4.78 is 71.1. The molecule has 0 spiro atoms. The molecule has 5 rings (SSSR count). The number of halogens is 5. The van der Waals surface area contributed by atoms with E-state index in [2.05, 4.69) is 16.5 Å². The number of alkyl halides is 4. The summed E-state index contributed by atoms with van der Waals surface area (Å²) in [6, 6.07) is 4.83. The molecule has 0 N–H and O–H groups in total. The summed E-state index contributed by atoms with van der Waals surface area (Å²) in [6.45, 7) is 8.31. The normalized spacial score (nSPS) is 21.2. The lowest BCUT2D eigenvalue weighted by atomic mass is 10.1. The van der Waals surface area contributed by atoms with E-state index in [0.29, 0.717) is 39.3 Å². The molecule has 0 aliphatic carbocycles. The van der Waals surface area contributed by atoms with E-state index in [-0.39, 0.29) is 60.8 Å². The average Bonchev–Trinajstić information content (AvgIpc) is 3.30. The van der Waals surface area contributed by atoms with Gasteiger partial charge in [0.1, 0.15) is 23.8 Å². The van der Waals surface area contributed by atoms with Crippen LogP contribution in [0.1, 0.15) is 24.1 Å². The van der Waals surface area contributed by atoms with Gasteiger partial charge in [-0.2, -0.15) is 13.2 Å². The summed E-state index contributed by atoms with van der Waals surface area (Å²) in [4.78, 5) is 52.2. The van der Waals surface area contributed by atoms with E-state index in [4.69, 9.17) is 0 Å². The molecule has 3 aliphatic heterocycles. The Morgan fingerprint density at radius 2 is 1.83 bits per heavy atom. The van der Waals surface area contributed by atoms with Crippen molar-refractivity contribution < 1.29 is 36.3 Å². The number of amides is 3. The number of pyridine rings is 1. The topological polar surface area (TPSA) is 83.5 Å². The first-order valence-corrected chi connectivity index (χ1v) is 15.8. The van der Waals surface area contributed by atoms with Gasteiger partial charge in [0, 0.05) is 84.6 Å². The van der Waals surface area contributed by atoms with E-state index in [0.717, 1.165) is 17.0 Å². The number of hydrogen-bond donors (Lipinski definition) is 0. The van der Waals surface area contributed by atoms with Crippen LogP contribution in [-0.4, -0.2) is 122 Å². The van der Waals surface area contributed by atoms with Gasteiger partial charge in [0.25, 0.3) is 0 Å². The van der Waals surface area contributed by atoms with Gasteiger partial charge in [-0.05, 0) is 43.7 Å². The van der Waals surface area contributed by atoms with Crippen LogP contribution in [0, 0.1) is 12.7 Å². The van der Waals surface area contributed by atoms with Crippen molar-refractivity contribution in [1.82, 2.24) is 19.7 Å². The summed E-state index contributed by atoms with van der Waals surface area (Å²) in [5, 5.41) is 0. The van der Waals surface area contributed by atoms with E-state index in [1.807, 2.05) is 4.90 Å². The number of nitrogens with zero attached hydrogens (tertiary/aromatic N) is 7. The van der Waals surface area contributed by atoms with Gasteiger partial charge in [0.15, 0.2) is 0 Å². The van der Waals surface area contributed by atoms with Crippen molar-refractivity contribution >= 4 is 34.9 Å². The number of carbonyl (C=O) groups is 3. The van der Waals surface area contributed by atoms with E-state index in [9.17, 15) is 27.6 Å². The molecule has 260 valence electrons. The second kappa shape index (κ2) is 14.2. The van der Waals surface area contributed by atoms with Crippen LogP contribution in [0.3, 0.4) is 0 Å². The first-order valence-electron chi connectivity index (χ1n) is 15.8. The number of para-hydroxylation sites is 1. The van der Waals surface area contributed by atoms with Crippen molar-refractivity contribution in [3.05, 3.63) is 60.1 Å². The molecule has 48 heavy (non-hydrogen) atoms. The fraction of sp³-hybridized carbons (Fsp3) is 0.515. The van der Waals surface area contributed by atoms with E-state index in [1.54, 1.807) is 22.9 Å². The molecular weight excluding hydrogens is 637 g/mol. The lowest BCUT2D eigenvalue weighted by Gasteiger charge is -2.45. The lowest BCUT2D eigenvalue weighted by Crippen LogP contribution is -2.61. The van der Waals surface area contributed by atoms with Crippen molar-refractivity contribution in [2.75, 3.05) is 81.2 Å². The van der Waals surface area contributed by atoms with Crippen LogP contribution in [-0.2, 0) is 20.6 Å². The lowest BCUT2D eigenvalue weighted by molar-refractivity contribution is -0.137. The minimum Gasteiger partial charge on any atom is -0.369 e. The molecule has 0 bridgehead atoms. The highest BCUT2D eigenvalue weighted by Crippen LogP contribution is 2.36. The number of likely N-dealkylation sites (tertiary alicyclic amines) is 1. The maximum atomic E-state index is 15.4. The maximum absolute atomic E-state index is 15.4. The van der Waals surface area contributed by atoms with Crippen LogP contribution >= 0.6 is 0 Å². The molecule has 0 radical (unpaired) electrons. The summed E-state index contributed by atoms with van der Waals surface area (Å²) in [5.41, 5.74) is -0.612. The highest BCUT2D eigenvalue weighted by atomic mass is 19.4. The van der Waals surface area contributed by atoms with Gasteiger partial charge in [-0.15, -0.1) is 0 Å². The zero-order valence-corrected chi connectivity index (χ0v) is 27.2. The summed E-state index contributed by atoms with van der Waals surface area (Å²) >= 11 is 0. The van der Waals surface area contributed by atoms with Crippen LogP contribution in [0.4, 0.5) is 39.1 Å². The second-order valence-electron chi connectivity index (χ2n) is 12.6. The zero-order valence-electron chi connectivity index (χ0n) is 27.2. The molecule has 10 nitrogen and oxygen atoms in total. The molecule has 0 saturated carbocycles. The molecule has 3 aliphatic rings. The number of hydrogen-bond acceptors (Lipinski definition) is 7. The number of benzene rings is 1. The molecule has 4 heterocycles. The van der Waals surface area contributed by atoms with Gasteiger partial charge in [-0.1, -0.05) is 12.6 Å². The molecule has 2 aromatic rings. The first-order chi connectivity index (χ1) is 22.7. The molecule has 3 amide bonds. The van der Waals surface area contributed by atoms with Gasteiger partial charge < -0.3 is 14.7 Å². The van der Waals surface area contributed by atoms with Crippen LogP contribution in [0.15, 0.2) is 43.0 Å². The molecule has 15 heteroatoms. The Kier molecular flexibility index (Phi) is 10.4. The Balaban J connectivity index is 1.27. The van der Waals surface area contributed by atoms with Crippen molar-refractivity contribution in [2.45, 2.75) is 44.2 Å². The van der Waals surface area contributed by atoms with Crippen LogP contribution in [0.25, 0.3) is 0 Å². The Labute approximate surface area is 276 Å². The molecular formula is C33H40F5N7O3.